The van der Waals surface area contributed by atoms with Crippen LogP contribution in [0.3, 0.4) is 0 Å². The summed E-state index contributed by atoms with van der Waals surface area (Å²) in [7, 11) is 0. The van der Waals surface area contributed by atoms with Gasteiger partial charge >= 0.3 is 0 Å². The van der Waals surface area contributed by atoms with Crippen LogP contribution in [0.1, 0.15) is 11.6 Å². The number of benzene rings is 1. The van der Waals surface area contributed by atoms with E-state index in [0.717, 1.165) is 0 Å². The van der Waals surface area contributed by atoms with Gasteiger partial charge < -0.3 is 0 Å². The fourth-order valence-electron chi connectivity index (χ4n) is 1.31. The molecule has 0 bridgehead atoms. The Hall–Kier alpha value is -2.53. The Labute approximate surface area is 85.6 Å². The topological polar surface area (TPSA) is 86.2 Å². The lowest BCUT2D eigenvalue weighted by atomic mass is 10.0. The molecular weight excluding hydrogens is 190 g/mol. The molecule has 2 rings (SSSR count). The lowest BCUT2D eigenvalue weighted by Gasteiger charge is -2.01. The van der Waals surface area contributed by atoms with Crippen molar-refractivity contribution in [2.24, 2.45) is 0 Å². The van der Waals surface area contributed by atoms with Crippen molar-refractivity contribution in [1.82, 2.24) is 15.4 Å². The van der Waals surface area contributed by atoms with Crippen LogP contribution in [0.4, 0.5) is 0 Å². The van der Waals surface area contributed by atoms with E-state index in [4.69, 9.17) is 10.5 Å². The van der Waals surface area contributed by atoms with Gasteiger partial charge in [0.05, 0.1) is 17.7 Å². The molecule has 0 spiro atoms. The lowest BCUT2D eigenvalue weighted by Crippen LogP contribution is -2.01. The maximum atomic E-state index is 8.78. The monoisotopic (exact) mass is 195 g/mol. The third-order valence-corrected chi connectivity index (χ3v) is 2.02. The number of aromatic nitrogens is 3. The van der Waals surface area contributed by atoms with Gasteiger partial charge in [0.2, 0.25) is 0 Å². The second-order valence-electron chi connectivity index (χ2n) is 2.88. The highest BCUT2D eigenvalue weighted by Crippen LogP contribution is 2.20. The van der Waals surface area contributed by atoms with E-state index in [1.54, 1.807) is 18.2 Å². The fourth-order valence-corrected chi connectivity index (χ4v) is 1.31. The van der Waals surface area contributed by atoms with Gasteiger partial charge in [0, 0.05) is 5.39 Å². The van der Waals surface area contributed by atoms with Crippen LogP contribution in [-0.4, -0.2) is 15.4 Å². The van der Waals surface area contributed by atoms with Crippen molar-refractivity contribution in [3.8, 4) is 12.1 Å². The van der Waals surface area contributed by atoms with Crippen molar-refractivity contribution in [1.29, 1.82) is 10.5 Å². The van der Waals surface area contributed by atoms with E-state index in [-0.39, 0.29) is 0 Å². The molecule has 5 nitrogen and oxygen atoms in total. The summed E-state index contributed by atoms with van der Waals surface area (Å²) in [6, 6.07) is 10.9. The summed E-state index contributed by atoms with van der Waals surface area (Å²) >= 11 is 0. The third kappa shape index (κ3) is 1.47. The van der Waals surface area contributed by atoms with Crippen molar-refractivity contribution in [2.45, 2.75) is 5.92 Å². The molecule has 0 saturated carbocycles. The molecule has 70 valence electrons. The summed E-state index contributed by atoms with van der Waals surface area (Å²) in [4.78, 5) is 0. The molecule has 0 N–H and O–H groups in total. The zero-order chi connectivity index (χ0) is 10.7. The number of nitrogens with zero attached hydrogens (tertiary/aromatic N) is 5. The molecule has 1 heterocycles. The predicted molar refractivity (Wildman–Crippen MR) is 51.3 cm³/mol. The molecule has 0 radical (unpaired) electrons. The van der Waals surface area contributed by atoms with Crippen LogP contribution in [-0.2, 0) is 0 Å². The van der Waals surface area contributed by atoms with Crippen LogP contribution in [0.25, 0.3) is 10.9 Å². The molecule has 15 heavy (non-hydrogen) atoms. The number of rotatable bonds is 1. The van der Waals surface area contributed by atoms with Gasteiger partial charge in [0.1, 0.15) is 5.69 Å². The van der Waals surface area contributed by atoms with Crippen molar-refractivity contribution in [3.05, 3.63) is 30.0 Å². The second kappa shape index (κ2) is 3.69. The highest BCUT2D eigenvalue weighted by Gasteiger charge is 2.15. The first-order valence-corrected chi connectivity index (χ1v) is 4.24. The summed E-state index contributed by atoms with van der Waals surface area (Å²) in [5.41, 5.74) is 1.00. The maximum absolute atomic E-state index is 8.78. The van der Waals surface area contributed by atoms with Gasteiger partial charge in [0.15, 0.2) is 5.92 Å². The van der Waals surface area contributed by atoms with Crippen LogP contribution in [0.2, 0.25) is 0 Å². The van der Waals surface area contributed by atoms with Gasteiger partial charge in [-0.1, -0.05) is 18.2 Å². The lowest BCUT2D eigenvalue weighted by molar-refractivity contribution is 0.838. The normalized spacial score (nSPS) is 9.80. The summed E-state index contributed by atoms with van der Waals surface area (Å²) in [5.74, 6) is -0.898. The predicted octanol–water partition coefficient (Wildman–Crippen LogP) is 1.16. The zero-order valence-corrected chi connectivity index (χ0v) is 7.62. The summed E-state index contributed by atoms with van der Waals surface area (Å²) in [5, 5.41) is 29.3. The molecule has 1 aromatic heterocycles. The Morgan fingerprint density at radius 1 is 1.07 bits per heavy atom. The first kappa shape index (κ1) is 9.04. The molecule has 0 aliphatic heterocycles. The number of hydrogen-bond donors (Lipinski definition) is 0. The minimum atomic E-state index is -0.898. The van der Waals surface area contributed by atoms with Crippen molar-refractivity contribution in [2.75, 3.05) is 0 Å². The molecule has 0 unspecified atom stereocenters. The van der Waals surface area contributed by atoms with Crippen molar-refractivity contribution < 1.29 is 0 Å². The van der Waals surface area contributed by atoms with Gasteiger partial charge in [-0.05, 0) is 11.3 Å². The van der Waals surface area contributed by atoms with Gasteiger partial charge in [-0.2, -0.15) is 10.5 Å². The Morgan fingerprint density at radius 2 is 1.80 bits per heavy atom. The van der Waals surface area contributed by atoms with Crippen molar-refractivity contribution >= 4 is 10.9 Å². The van der Waals surface area contributed by atoms with Crippen LogP contribution >= 0.6 is 0 Å². The standard InChI is InChI=1S/C10H5N5/c11-5-7(6-12)10-8-3-1-2-4-9(8)13-15-14-10/h1-4,7H. The maximum Gasteiger partial charge on any atom is 0.177 e. The molecule has 1 aromatic carbocycles. The quantitative estimate of drug-likeness (QED) is 0.681. The SMILES string of the molecule is N#CC(C#N)c1nnnc2ccccc12. The molecule has 0 aliphatic rings. The van der Waals surface area contributed by atoms with E-state index in [2.05, 4.69) is 15.4 Å². The molecule has 2 aromatic rings. The van der Waals surface area contributed by atoms with Crippen LogP contribution in [0, 0.1) is 22.7 Å². The Balaban J connectivity index is 2.73. The smallest absolute Gasteiger partial charge is 0.177 e. The van der Waals surface area contributed by atoms with Gasteiger partial charge in [0.25, 0.3) is 0 Å². The summed E-state index contributed by atoms with van der Waals surface area (Å²) in [6.45, 7) is 0. The summed E-state index contributed by atoms with van der Waals surface area (Å²) in [6.07, 6.45) is 0. The molecule has 0 aliphatic carbocycles. The van der Waals surface area contributed by atoms with E-state index in [1.807, 2.05) is 18.2 Å². The minimum absolute atomic E-state index is 0.366. The van der Waals surface area contributed by atoms with E-state index < -0.39 is 5.92 Å². The van der Waals surface area contributed by atoms with E-state index in [9.17, 15) is 0 Å². The number of hydrogen-bond acceptors (Lipinski definition) is 5. The molecule has 0 amide bonds. The number of fused-ring (bicyclic) bond motifs is 1. The first-order valence-electron chi connectivity index (χ1n) is 4.24. The van der Waals surface area contributed by atoms with Crippen molar-refractivity contribution in [3.63, 3.8) is 0 Å². The molecule has 0 fully saturated rings. The Morgan fingerprint density at radius 3 is 2.53 bits per heavy atom. The highest BCUT2D eigenvalue weighted by atomic mass is 15.3. The van der Waals surface area contributed by atoms with Gasteiger partial charge in [-0.3, -0.25) is 0 Å². The van der Waals surface area contributed by atoms with Crippen LogP contribution in [0.15, 0.2) is 24.3 Å². The van der Waals surface area contributed by atoms with E-state index >= 15 is 0 Å². The highest BCUT2D eigenvalue weighted by molar-refractivity contribution is 5.81. The van der Waals surface area contributed by atoms with E-state index in [0.29, 0.717) is 16.6 Å². The van der Waals surface area contributed by atoms with Gasteiger partial charge in [-0.25, -0.2) is 0 Å². The van der Waals surface area contributed by atoms with Crippen LogP contribution < -0.4 is 0 Å². The Bertz CT molecular complexity index is 559. The van der Waals surface area contributed by atoms with Crippen LogP contribution in [0.5, 0.6) is 0 Å². The minimum Gasteiger partial charge on any atom is -0.196 e. The van der Waals surface area contributed by atoms with Gasteiger partial charge in [-0.15, -0.1) is 10.2 Å². The average molecular weight is 195 g/mol. The molecule has 0 atom stereocenters. The molecular formula is C10H5N5. The number of nitriles is 2. The Kier molecular flexibility index (Phi) is 2.22. The summed E-state index contributed by atoms with van der Waals surface area (Å²) < 4.78 is 0. The fraction of sp³-hybridized carbons (Fsp3) is 0.100. The first-order chi connectivity index (χ1) is 7.36. The third-order valence-electron chi connectivity index (χ3n) is 2.02. The largest absolute Gasteiger partial charge is 0.196 e. The average Bonchev–Trinajstić information content (AvgIpc) is 2.31. The second-order valence-corrected chi connectivity index (χ2v) is 2.88. The zero-order valence-electron chi connectivity index (χ0n) is 7.62. The molecule has 0 saturated heterocycles. The molecule has 5 heteroatoms. The van der Waals surface area contributed by atoms with E-state index in [1.165, 1.54) is 0 Å².